The number of aryl methyl sites for hydroxylation is 1. The zero-order valence-corrected chi connectivity index (χ0v) is 11.2. The molecule has 0 spiro atoms. The van der Waals surface area contributed by atoms with E-state index >= 15 is 0 Å². The molecule has 0 radical (unpaired) electrons. The number of carbonyl (C=O) groups excluding carboxylic acids is 1. The maximum Gasteiger partial charge on any atom is 0.313 e. The van der Waals surface area contributed by atoms with Gasteiger partial charge < -0.3 is 10.5 Å². The summed E-state index contributed by atoms with van der Waals surface area (Å²) in [7, 11) is 1.69. The van der Waals surface area contributed by atoms with E-state index in [1.54, 1.807) is 14.0 Å². The van der Waals surface area contributed by atoms with Crippen LogP contribution >= 0.6 is 0 Å². The number of rotatable bonds is 7. The van der Waals surface area contributed by atoms with E-state index in [0.29, 0.717) is 25.3 Å². The van der Waals surface area contributed by atoms with Gasteiger partial charge in [-0.05, 0) is 18.6 Å². The van der Waals surface area contributed by atoms with Gasteiger partial charge >= 0.3 is 5.97 Å². The number of tetrazole rings is 1. The molecule has 1 aromatic rings. The summed E-state index contributed by atoms with van der Waals surface area (Å²) in [6, 6.07) is 0. The summed E-state index contributed by atoms with van der Waals surface area (Å²) in [6.07, 6.45) is 1.86. The third-order valence-electron chi connectivity index (χ3n) is 2.87. The molecule has 0 aromatic carbocycles. The van der Waals surface area contributed by atoms with Crippen molar-refractivity contribution in [1.29, 1.82) is 0 Å². The minimum absolute atomic E-state index is 0.220. The lowest BCUT2D eigenvalue weighted by Crippen LogP contribution is -2.42. The van der Waals surface area contributed by atoms with E-state index in [9.17, 15) is 4.79 Å². The number of aromatic nitrogens is 4. The van der Waals surface area contributed by atoms with Crippen molar-refractivity contribution < 1.29 is 9.53 Å². The highest BCUT2D eigenvalue weighted by Gasteiger charge is 2.39. The topological polar surface area (TPSA) is 95.9 Å². The molecule has 0 aliphatic rings. The summed E-state index contributed by atoms with van der Waals surface area (Å²) in [5.41, 5.74) is 5.05. The number of nitrogens with zero attached hydrogens (tertiary/aromatic N) is 4. The van der Waals surface area contributed by atoms with Crippen LogP contribution in [0.3, 0.4) is 0 Å². The first kappa shape index (κ1) is 14.6. The van der Waals surface area contributed by atoms with Crippen LogP contribution < -0.4 is 5.73 Å². The minimum atomic E-state index is -0.742. The Hall–Kier alpha value is -1.50. The first-order valence-corrected chi connectivity index (χ1v) is 6.18. The standard InChI is InChI=1S/C11H21N5O2/c1-4-6-11(8-12,10(17)18-5-2)7-9-13-15-16(3)14-9/h4-8,12H2,1-3H3. The average molecular weight is 255 g/mol. The molecular weight excluding hydrogens is 234 g/mol. The molecule has 1 atom stereocenters. The molecule has 1 heterocycles. The minimum Gasteiger partial charge on any atom is -0.466 e. The van der Waals surface area contributed by atoms with Gasteiger partial charge in [0.05, 0.1) is 19.1 Å². The fraction of sp³-hybridized carbons (Fsp3) is 0.818. The van der Waals surface area contributed by atoms with E-state index in [2.05, 4.69) is 15.4 Å². The molecule has 2 N–H and O–H groups in total. The Morgan fingerprint density at radius 3 is 2.67 bits per heavy atom. The Kier molecular flexibility index (Phi) is 5.21. The predicted molar refractivity (Wildman–Crippen MR) is 65.5 cm³/mol. The van der Waals surface area contributed by atoms with Gasteiger partial charge in [0.15, 0.2) is 5.82 Å². The van der Waals surface area contributed by atoms with Gasteiger partial charge in [0, 0.05) is 13.0 Å². The number of carbonyl (C=O) groups is 1. The van der Waals surface area contributed by atoms with Crippen LogP contribution in [0.25, 0.3) is 0 Å². The Labute approximate surface area is 107 Å². The van der Waals surface area contributed by atoms with Gasteiger partial charge in [0.25, 0.3) is 0 Å². The SMILES string of the molecule is CCCC(CN)(Cc1nnn(C)n1)C(=O)OCC. The van der Waals surface area contributed by atoms with Crippen molar-refractivity contribution in [3.05, 3.63) is 5.82 Å². The summed E-state index contributed by atoms with van der Waals surface area (Å²) >= 11 is 0. The highest BCUT2D eigenvalue weighted by Crippen LogP contribution is 2.28. The van der Waals surface area contributed by atoms with Crippen LogP contribution in [0, 0.1) is 5.41 Å². The molecule has 0 saturated carbocycles. The second-order valence-corrected chi connectivity index (χ2v) is 4.33. The molecule has 0 saturated heterocycles. The van der Waals surface area contributed by atoms with Crippen molar-refractivity contribution in [2.45, 2.75) is 33.1 Å². The van der Waals surface area contributed by atoms with Crippen molar-refractivity contribution in [1.82, 2.24) is 20.2 Å². The Balaban J connectivity index is 2.91. The van der Waals surface area contributed by atoms with Crippen LogP contribution in [0.2, 0.25) is 0 Å². The molecule has 0 bridgehead atoms. The molecule has 102 valence electrons. The summed E-state index contributed by atoms with van der Waals surface area (Å²) in [6.45, 7) is 4.36. The zero-order valence-electron chi connectivity index (χ0n) is 11.2. The quantitative estimate of drug-likeness (QED) is 0.692. The summed E-state index contributed by atoms with van der Waals surface area (Å²) in [5.74, 6) is 0.242. The van der Waals surface area contributed by atoms with Crippen LogP contribution in [0.1, 0.15) is 32.5 Å². The zero-order chi connectivity index (χ0) is 13.6. The van der Waals surface area contributed by atoms with Gasteiger partial charge in [-0.25, -0.2) is 0 Å². The summed E-state index contributed by atoms with van der Waals surface area (Å²) in [4.78, 5) is 13.5. The van der Waals surface area contributed by atoms with E-state index < -0.39 is 5.41 Å². The molecule has 1 unspecified atom stereocenters. The molecular formula is C11H21N5O2. The van der Waals surface area contributed by atoms with E-state index in [1.807, 2.05) is 6.92 Å². The van der Waals surface area contributed by atoms with Gasteiger partial charge in [0.1, 0.15) is 0 Å². The highest BCUT2D eigenvalue weighted by atomic mass is 16.5. The maximum atomic E-state index is 12.1. The molecule has 1 aromatic heterocycles. The largest absolute Gasteiger partial charge is 0.466 e. The average Bonchev–Trinajstić information content (AvgIpc) is 2.74. The van der Waals surface area contributed by atoms with Gasteiger partial charge in [-0.15, -0.1) is 10.2 Å². The lowest BCUT2D eigenvalue weighted by molar-refractivity contribution is -0.155. The molecule has 0 aliphatic carbocycles. The molecule has 7 nitrogen and oxygen atoms in total. The molecule has 0 fully saturated rings. The fourth-order valence-electron chi connectivity index (χ4n) is 1.98. The Morgan fingerprint density at radius 1 is 1.50 bits per heavy atom. The predicted octanol–water partition coefficient (Wildman–Crippen LogP) is 0.0609. The number of ether oxygens (including phenoxy) is 1. The normalized spacial score (nSPS) is 14.2. The first-order chi connectivity index (χ1) is 8.57. The van der Waals surface area contributed by atoms with Crippen LogP contribution in [0.4, 0.5) is 0 Å². The molecule has 0 aliphatic heterocycles. The third-order valence-corrected chi connectivity index (χ3v) is 2.87. The van der Waals surface area contributed by atoms with Gasteiger partial charge in [-0.1, -0.05) is 13.3 Å². The Morgan fingerprint density at radius 2 is 2.22 bits per heavy atom. The smallest absolute Gasteiger partial charge is 0.313 e. The molecule has 0 amide bonds. The van der Waals surface area contributed by atoms with Crippen LogP contribution in [0.15, 0.2) is 0 Å². The molecule has 18 heavy (non-hydrogen) atoms. The van der Waals surface area contributed by atoms with Crippen molar-refractivity contribution in [2.24, 2.45) is 18.2 Å². The van der Waals surface area contributed by atoms with Crippen molar-refractivity contribution in [2.75, 3.05) is 13.2 Å². The van der Waals surface area contributed by atoms with Crippen LogP contribution in [-0.4, -0.2) is 39.3 Å². The summed E-state index contributed by atoms with van der Waals surface area (Å²) < 4.78 is 5.13. The van der Waals surface area contributed by atoms with E-state index in [0.717, 1.165) is 6.42 Å². The van der Waals surface area contributed by atoms with E-state index in [-0.39, 0.29) is 12.5 Å². The lowest BCUT2D eigenvalue weighted by atomic mass is 9.80. The Bertz CT molecular complexity index is 393. The number of esters is 1. The van der Waals surface area contributed by atoms with Gasteiger partial charge in [0.2, 0.25) is 0 Å². The number of nitrogens with two attached hydrogens (primary N) is 1. The second-order valence-electron chi connectivity index (χ2n) is 4.33. The number of hydrogen-bond donors (Lipinski definition) is 1. The first-order valence-electron chi connectivity index (χ1n) is 6.18. The third kappa shape index (κ3) is 3.25. The van der Waals surface area contributed by atoms with Crippen LogP contribution in [-0.2, 0) is 23.0 Å². The fourth-order valence-corrected chi connectivity index (χ4v) is 1.98. The number of hydrogen-bond acceptors (Lipinski definition) is 6. The van der Waals surface area contributed by atoms with Crippen molar-refractivity contribution in [3.8, 4) is 0 Å². The van der Waals surface area contributed by atoms with Gasteiger partial charge in [-0.2, -0.15) is 4.80 Å². The van der Waals surface area contributed by atoms with E-state index in [4.69, 9.17) is 10.5 Å². The van der Waals surface area contributed by atoms with E-state index in [1.165, 1.54) is 4.80 Å². The van der Waals surface area contributed by atoms with Crippen molar-refractivity contribution in [3.63, 3.8) is 0 Å². The molecule has 7 heteroatoms. The van der Waals surface area contributed by atoms with Crippen molar-refractivity contribution >= 4 is 5.97 Å². The lowest BCUT2D eigenvalue weighted by Gasteiger charge is -2.28. The monoisotopic (exact) mass is 255 g/mol. The maximum absolute atomic E-state index is 12.1. The van der Waals surface area contributed by atoms with Gasteiger partial charge in [-0.3, -0.25) is 4.79 Å². The van der Waals surface area contributed by atoms with Crippen LogP contribution in [0.5, 0.6) is 0 Å². The second kappa shape index (κ2) is 6.44. The molecule has 1 rings (SSSR count). The summed E-state index contributed by atoms with van der Waals surface area (Å²) in [5, 5.41) is 11.8. The highest BCUT2D eigenvalue weighted by molar-refractivity contribution is 5.77.